The summed E-state index contributed by atoms with van der Waals surface area (Å²) in [5.41, 5.74) is 0. The van der Waals surface area contributed by atoms with Crippen LogP contribution in [-0.2, 0) is 0 Å². The zero-order valence-corrected chi connectivity index (χ0v) is 17.4. The lowest BCUT2D eigenvalue weighted by molar-refractivity contribution is 0.805. The van der Waals surface area contributed by atoms with Crippen molar-refractivity contribution < 1.29 is 0 Å². The number of rotatable bonds is 12. The van der Waals surface area contributed by atoms with E-state index in [1.165, 1.54) is 51.4 Å². The summed E-state index contributed by atoms with van der Waals surface area (Å²) >= 11 is 0. The number of hydrogen-bond acceptors (Lipinski definition) is 1. The second-order valence-electron chi connectivity index (χ2n) is 7.60. The van der Waals surface area contributed by atoms with Crippen molar-refractivity contribution in [3.8, 4) is 0 Å². The molecule has 21 heavy (non-hydrogen) atoms. The summed E-state index contributed by atoms with van der Waals surface area (Å²) in [6, 6.07) is 9.58. The maximum Gasteiger partial charge on any atom is 0.118 e. The third-order valence-corrected chi connectivity index (χ3v) is 18.0. The van der Waals surface area contributed by atoms with Crippen LogP contribution in [0.15, 0.2) is 0 Å². The van der Waals surface area contributed by atoms with Gasteiger partial charge < -0.3 is 4.65 Å². The Morgan fingerprint density at radius 2 is 0.857 bits per heavy atom. The largest absolute Gasteiger partial charge is 0.359 e. The molecule has 3 heteroatoms. The Labute approximate surface area is 136 Å². The van der Waals surface area contributed by atoms with Gasteiger partial charge in [0.05, 0.1) is 0 Å². The molecule has 1 rings (SSSR count). The predicted molar refractivity (Wildman–Crippen MR) is 103 cm³/mol. The van der Waals surface area contributed by atoms with Gasteiger partial charge in [0.1, 0.15) is 16.5 Å². The molecule has 1 heterocycles. The highest BCUT2D eigenvalue weighted by Gasteiger charge is 2.48. The SMILES string of the molecule is CCCC[Si]1(CCCC)CC[Si](CCCC)(CCCC)N1. The average molecular weight is 328 g/mol. The summed E-state index contributed by atoms with van der Waals surface area (Å²) in [5.74, 6) is 0. The Morgan fingerprint density at radius 3 is 1.10 bits per heavy atom. The van der Waals surface area contributed by atoms with Crippen LogP contribution in [0.3, 0.4) is 0 Å². The minimum atomic E-state index is -1.10. The van der Waals surface area contributed by atoms with Crippen molar-refractivity contribution in [2.45, 2.75) is 115 Å². The Hall–Kier alpha value is 0.394. The second-order valence-corrected chi connectivity index (χ2v) is 16.7. The van der Waals surface area contributed by atoms with Gasteiger partial charge >= 0.3 is 0 Å². The monoisotopic (exact) mass is 327 g/mol. The predicted octanol–water partition coefficient (Wildman–Crippen LogP) is 6.68. The Balaban J connectivity index is 2.72. The summed E-state index contributed by atoms with van der Waals surface area (Å²) in [6.45, 7) is 9.48. The zero-order valence-electron chi connectivity index (χ0n) is 15.4. The van der Waals surface area contributed by atoms with Crippen LogP contribution in [-0.4, -0.2) is 16.5 Å². The van der Waals surface area contributed by atoms with Gasteiger partial charge in [0.2, 0.25) is 0 Å². The highest BCUT2D eigenvalue weighted by Crippen LogP contribution is 2.40. The van der Waals surface area contributed by atoms with Crippen LogP contribution in [0.4, 0.5) is 0 Å². The fourth-order valence-electron chi connectivity index (χ4n) is 4.23. The van der Waals surface area contributed by atoms with Crippen molar-refractivity contribution in [3.63, 3.8) is 0 Å². The Morgan fingerprint density at radius 1 is 0.571 bits per heavy atom. The molecule has 0 aromatic carbocycles. The van der Waals surface area contributed by atoms with Gasteiger partial charge in [-0.2, -0.15) is 0 Å². The van der Waals surface area contributed by atoms with Crippen LogP contribution in [0.1, 0.15) is 79.1 Å². The van der Waals surface area contributed by atoms with Gasteiger partial charge in [-0.25, -0.2) is 0 Å². The molecule has 1 fully saturated rings. The molecule has 0 spiro atoms. The van der Waals surface area contributed by atoms with Crippen molar-refractivity contribution in [3.05, 3.63) is 0 Å². The first-order valence-corrected chi connectivity index (χ1v) is 15.2. The van der Waals surface area contributed by atoms with E-state index in [1.807, 2.05) is 0 Å². The van der Waals surface area contributed by atoms with E-state index in [2.05, 4.69) is 32.3 Å². The molecule has 0 unspecified atom stereocenters. The second kappa shape index (κ2) is 10.2. The fraction of sp³-hybridized carbons (Fsp3) is 1.00. The molecule has 0 aromatic rings. The molecule has 0 radical (unpaired) electrons. The van der Waals surface area contributed by atoms with Crippen molar-refractivity contribution in [2.75, 3.05) is 0 Å². The highest BCUT2D eigenvalue weighted by molar-refractivity contribution is 6.97. The summed E-state index contributed by atoms with van der Waals surface area (Å²) in [6.07, 6.45) is 11.5. The summed E-state index contributed by atoms with van der Waals surface area (Å²) in [5, 5.41) is 0. The average Bonchev–Trinajstić information content (AvgIpc) is 2.87. The van der Waals surface area contributed by atoms with Gasteiger partial charge in [-0.15, -0.1) is 0 Å². The molecule has 0 atom stereocenters. The fourth-order valence-corrected chi connectivity index (χ4v) is 21.2. The summed E-state index contributed by atoms with van der Waals surface area (Å²) in [4.78, 5) is 0. The molecule has 0 aliphatic carbocycles. The Kier molecular flexibility index (Phi) is 9.46. The summed E-state index contributed by atoms with van der Waals surface area (Å²) < 4.78 is 4.54. The van der Waals surface area contributed by atoms with E-state index >= 15 is 0 Å². The molecule has 1 aliphatic rings. The number of unbranched alkanes of at least 4 members (excludes halogenated alkanes) is 4. The lowest BCUT2D eigenvalue weighted by Crippen LogP contribution is -2.57. The molecule has 1 nitrogen and oxygen atoms in total. The summed E-state index contributed by atoms with van der Waals surface area (Å²) in [7, 11) is -2.20. The van der Waals surface area contributed by atoms with E-state index in [4.69, 9.17) is 0 Å². The van der Waals surface area contributed by atoms with Gasteiger partial charge in [-0.05, 0) is 36.3 Å². The molecule has 0 bridgehead atoms. The van der Waals surface area contributed by atoms with E-state index in [-0.39, 0.29) is 0 Å². The molecule has 1 aliphatic heterocycles. The minimum absolute atomic E-state index is 1.10. The van der Waals surface area contributed by atoms with Crippen LogP contribution in [0, 0.1) is 0 Å². The number of nitrogens with one attached hydrogen (secondary N) is 1. The van der Waals surface area contributed by atoms with E-state index in [1.54, 1.807) is 36.3 Å². The molecule has 1 N–H and O–H groups in total. The standard InChI is InChI=1S/C18H41NSi2/c1-5-9-13-20(14-10-6-2)17-18-21(19-20,15-11-7-3)16-12-8-4/h19H,5-18H2,1-4H3. The first-order valence-electron chi connectivity index (χ1n) is 9.95. The van der Waals surface area contributed by atoms with E-state index < -0.39 is 16.5 Å². The zero-order chi connectivity index (χ0) is 15.6. The van der Waals surface area contributed by atoms with Crippen molar-refractivity contribution >= 4 is 16.5 Å². The smallest absolute Gasteiger partial charge is 0.118 e. The van der Waals surface area contributed by atoms with Gasteiger partial charge in [0, 0.05) is 0 Å². The quantitative estimate of drug-likeness (QED) is 0.394. The molecular formula is C18H41NSi2. The highest BCUT2D eigenvalue weighted by atomic mass is 28.4. The molecular weight excluding hydrogens is 286 g/mol. The van der Waals surface area contributed by atoms with E-state index in [0.29, 0.717) is 0 Å². The molecule has 126 valence electrons. The third-order valence-electron chi connectivity index (χ3n) is 5.65. The van der Waals surface area contributed by atoms with Gasteiger partial charge in [0.25, 0.3) is 0 Å². The lowest BCUT2D eigenvalue weighted by Gasteiger charge is -2.34. The van der Waals surface area contributed by atoms with Crippen LogP contribution in [0.25, 0.3) is 0 Å². The van der Waals surface area contributed by atoms with Crippen LogP contribution in [0.5, 0.6) is 0 Å². The van der Waals surface area contributed by atoms with Gasteiger partial charge in [0.15, 0.2) is 0 Å². The van der Waals surface area contributed by atoms with Crippen LogP contribution in [0.2, 0.25) is 36.3 Å². The van der Waals surface area contributed by atoms with Crippen molar-refractivity contribution in [1.29, 1.82) is 0 Å². The first kappa shape index (κ1) is 19.4. The minimum Gasteiger partial charge on any atom is -0.359 e. The van der Waals surface area contributed by atoms with Crippen molar-refractivity contribution in [2.24, 2.45) is 0 Å². The van der Waals surface area contributed by atoms with E-state index in [9.17, 15) is 0 Å². The molecule has 1 saturated heterocycles. The first-order chi connectivity index (χ1) is 10.2. The third kappa shape index (κ3) is 6.19. The maximum absolute atomic E-state index is 4.54. The number of hydrogen-bond donors (Lipinski definition) is 1. The Bertz CT molecular complexity index is 226. The molecule has 0 amide bonds. The molecule has 0 saturated carbocycles. The van der Waals surface area contributed by atoms with E-state index in [0.717, 1.165) is 0 Å². The van der Waals surface area contributed by atoms with Crippen LogP contribution < -0.4 is 4.65 Å². The maximum atomic E-state index is 4.54. The normalized spacial score (nSPS) is 20.0. The molecule has 0 aromatic heterocycles. The lowest BCUT2D eigenvalue weighted by atomic mass is 10.4. The van der Waals surface area contributed by atoms with Crippen molar-refractivity contribution in [1.82, 2.24) is 4.65 Å². The van der Waals surface area contributed by atoms with Gasteiger partial charge in [-0.3, -0.25) is 0 Å². The van der Waals surface area contributed by atoms with Gasteiger partial charge in [-0.1, -0.05) is 79.1 Å². The topological polar surface area (TPSA) is 12.0 Å². The van der Waals surface area contributed by atoms with Crippen LogP contribution >= 0.6 is 0 Å².